The van der Waals surface area contributed by atoms with Crippen LogP contribution in [0.2, 0.25) is 0 Å². The van der Waals surface area contributed by atoms with E-state index in [1.807, 2.05) is 38.1 Å². The number of aromatic nitrogens is 1. The Hall–Kier alpha value is -3.41. The third-order valence-electron chi connectivity index (χ3n) is 4.83. The van der Waals surface area contributed by atoms with Gasteiger partial charge in [-0.25, -0.2) is 4.79 Å². The second-order valence-electron chi connectivity index (χ2n) is 6.76. The van der Waals surface area contributed by atoms with Crippen molar-refractivity contribution in [2.24, 2.45) is 0 Å². The third-order valence-corrected chi connectivity index (χ3v) is 4.83. The predicted molar refractivity (Wildman–Crippen MR) is 113 cm³/mol. The zero-order valence-corrected chi connectivity index (χ0v) is 16.8. The van der Waals surface area contributed by atoms with Gasteiger partial charge < -0.3 is 10.1 Å². The highest BCUT2D eigenvalue weighted by Gasteiger charge is 2.22. The molecule has 0 saturated heterocycles. The number of benzene rings is 2. The number of carbonyl (C=O) groups is 2. The fourth-order valence-electron chi connectivity index (χ4n) is 3.40. The van der Waals surface area contributed by atoms with E-state index < -0.39 is 12.0 Å². The number of para-hydroxylation sites is 1. The molecule has 1 heterocycles. The van der Waals surface area contributed by atoms with E-state index in [4.69, 9.17) is 4.74 Å². The first-order valence-electron chi connectivity index (χ1n) is 9.65. The molecule has 1 atom stereocenters. The Kier molecular flexibility index (Phi) is 6.12. The molecular formula is C23H24N2O4. The van der Waals surface area contributed by atoms with Gasteiger partial charge in [0.05, 0.1) is 17.7 Å². The van der Waals surface area contributed by atoms with E-state index in [1.54, 1.807) is 41.8 Å². The van der Waals surface area contributed by atoms with Crippen molar-refractivity contribution in [3.05, 3.63) is 76.1 Å². The predicted octanol–water partition coefficient (Wildman–Crippen LogP) is 4.08. The first-order valence-corrected chi connectivity index (χ1v) is 9.65. The molecule has 1 aromatic heterocycles. The number of nitrogens with one attached hydrogen (secondary N) is 1. The highest BCUT2D eigenvalue weighted by atomic mass is 16.5. The van der Waals surface area contributed by atoms with Crippen LogP contribution in [0.3, 0.4) is 0 Å². The minimum absolute atomic E-state index is 0.208. The number of amides is 1. The van der Waals surface area contributed by atoms with E-state index in [1.165, 1.54) is 0 Å². The van der Waals surface area contributed by atoms with Crippen molar-refractivity contribution in [3.63, 3.8) is 0 Å². The summed E-state index contributed by atoms with van der Waals surface area (Å²) in [5.74, 6) is -0.693. The van der Waals surface area contributed by atoms with Crippen LogP contribution in [-0.2, 0) is 9.53 Å². The zero-order chi connectivity index (χ0) is 21.0. The number of pyridine rings is 1. The Morgan fingerprint density at radius 1 is 1.07 bits per heavy atom. The van der Waals surface area contributed by atoms with Crippen LogP contribution >= 0.6 is 0 Å². The second-order valence-corrected chi connectivity index (χ2v) is 6.76. The molecule has 2 aromatic carbocycles. The molecule has 1 unspecified atom stereocenters. The summed E-state index contributed by atoms with van der Waals surface area (Å²) in [6.45, 7) is 5.80. The van der Waals surface area contributed by atoms with Crippen molar-refractivity contribution >= 4 is 28.5 Å². The number of aryl methyl sites for hydroxylation is 1. The molecule has 6 nitrogen and oxygen atoms in total. The summed E-state index contributed by atoms with van der Waals surface area (Å²) in [6.07, 6.45) is 0.458. The third kappa shape index (κ3) is 4.21. The quantitative estimate of drug-likeness (QED) is 0.642. The number of rotatable bonds is 6. The number of esters is 1. The maximum absolute atomic E-state index is 13.0. The van der Waals surface area contributed by atoms with Gasteiger partial charge in [-0.1, -0.05) is 25.1 Å². The van der Waals surface area contributed by atoms with Gasteiger partial charge in [0.1, 0.15) is 6.04 Å². The van der Waals surface area contributed by atoms with Gasteiger partial charge in [0.25, 0.3) is 5.56 Å². The number of carbonyl (C=O) groups excluding carboxylic acids is 2. The fourth-order valence-corrected chi connectivity index (χ4v) is 3.40. The average molecular weight is 392 g/mol. The monoisotopic (exact) mass is 392 g/mol. The van der Waals surface area contributed by atoms with Crippen molar-refractivity contribution in [1.82, 2.24) is 4.57 Å². The Morgan fingerprint density at radius 2 is 1.76 bits per heavy atom. The van der Waals surface area contributed by atoms with Crippen LogP contribution in [0.15, 0.2) is 59.4 Å². The lowest BCUT2D eigenvalue weighted by molar-refractivity contribution is -0.119. The van der Waals surface area contributed by atoms with Crippen LogP contribution in [-0.4, -0.2) is 23.1 Å². The number of anilines is 1. The molecule has 0 spiro atoms. The van der Waals surface area contributed by atoms with Crippen molar-refractivity contribution in [2.75, 3.05) is 11.9 Å². The molecule has 3 rings (SSSR count). The van der Waals surface area contributed by atoms with E-state index in [2.05, 4.69) is 5.32 Å². The van der Waals surface area contributed by atoms with E-state index in [9.17, 15) is 14.4 Å². The molecule has 0 saturated carbocycles. The zero-order valence-electron chi connectivity index (χ0n) is 16.8. The van der Waals surface area contributed by atoms with E-state index in [-0.39, 0.29) is 11.5 Å². The summed E-state index contributed by atoms with van der Waals surface area (Å²) in [5.41, 5.74) is 2.37. The van der Waals surface area contributed by atoms with Crippen LogP contribution in [0.1, 0.15) is 42.2 Å². The molecule has 0 bridgehead atoms. The lowest BCUT2D eigenvalue weighted by Gasteiger charge is -2.21. The molecular weight excluding hydrogens is 368 g/mol. The first-order chi connectivity index (χ1) is 14.0. The highest BCUT2D eigenvalue weighted by molar-refractivity contribution is 5.96. The topological polar surface area (TPSA) is 77.4 Å². The Balaban J connectivity index is 1.90. The number of hydrogen-bond donors (Lipinski definition) is 1. The molecule has 1 N–H and O–H groups in total. The molecule has 6 heteroatoms. The van der Waals surface area contributed by atoms with E-state index >= 15 is 0 Å². The maximum Gasteiger partial charge on any atom is 0.338 e. The standard InChI is InChI=1S/C23H24N2O4/c1-4-19(25-20-9-7-6-8-18(20)15(3)14-21(25)26)22(27)24-17-12-10-16(11-13-17)23(28)29-5-2/h6-14,19H,4-5H2,1-3H3,(H,24,27). The minimum Gasteiger partial charge on any atom is -0.462 e. The molecule has 150 valence electrons. The summed E-state index contributed by atoms with van der Waals surface area (Å²) in [7, 11) is 0. The average Bonchev–Trinajstić information content (AvgIpc) is 2.71. The molecule has 0 aliphatic carbocycles. The largest absolute Gasteiger partial charge is 0.462 e. The lowest BCUT2D eigenvalue weighted by atomic mass is 10.1. The van der Waals surface area contributed by atoms with Crippen molar-refractivity contribution in [1.29, 1.82) is 0 Å². The maximum atomic E-state index is 13.0. The molecule has 0 radical (unpaired) electrons. The number of fused-ring (bicyclic) bond motifs is 1. The van der Waals surface area contributed by atoms with Crippen LogP contribution in [0.5, 0.6) is 0 Å². The smallest absolute Gasteiger partial charge is 0.338 e. The van der Waals surface area contributed by atoms with Gasteiger partial charge in [-0.2, -0.15) is 0 Å². The Morgan fingerprint density at radius 3 is 2.41 bits per heavy atom. The molecule has 3 aromatic rings. The second kappa shape index (κ2) is 8.73. The van der Waals surface area contributed by atoms with Gasteiger partial charge in [0, 0.05) is 17.1 Å². The molecule has 0 aliphatic heterocycles. The Labute approximate surface area is 169 Å². The first kappa shape index (κ1) is 20.3. The molecule has 0 fully saturated rings. The highest BCUT2D eigenvalue weighted by Crippen LogP contribution is 2.22. The Bertz CT molecular complexity index is 1100. The normalized spacial score (nSPS) is 11.8. The lowest BCUT2D eigenvalue weighted by Crippen LogP contribution is -2.33. The minimum atomic E-state index is -0.655. The summed E-state index contributed by atoms with van der Waals surface area (Å²) in [5, 5.41) is 3.79. The summed E-state index contributed by atoms with van der Waals surface area (Å²) in [4.78, 5) is 37.5. The number of nitrogens with zero attached hydrogens (tertiary/aromatic N) is 1. The fraction of sp³-hybridized carbons (Fsp3) is 0.261. The van der Waals surface area contributed by atoms with Crippen molar-refractivity contribution in [3.8, 4) is 0 Å². The van der Waals surface area contributed by atoms with Gasteiger partial charge in [-0.05, 0) is 56.2 Å². The van der Waals surface area contributed by atoms with Crippen molar-refractivity contribution in [2.45, 2.75) is 33.2 Å². The van der Waals surface area contributed by atoms with E-state index in [0.717, 1.165) is 16.5 Å². The van der Waals surface area contributed by atoms with Gasteiger partial charge in [-0.15, -0.1) is 0 Å². The van der Waals surface area contributed by atoms with Crippen LogP contribution in [0.4, 0.5) is 5.69 Å². The summed E-state index contributed by atoms with van der Waals surface area (Å²) < 4.78 is 6.51. The van der Waals surface area contributed by atoms with Gasteiger partial charge in [0.15, 0.2) is 0 Å². The van der Waals surface area contributed by atoms with E-state index in [0.29, 0.717) is 24.3 Å². The number of ether oxygens (including phenoxy) is 1. The molecule has 1 amide bonds. The summed E-state index contributed by atoms with van der Waals surface area (Å²) >= 11 is 0. The summed E-state index contributed by atoms with van der Waals surface area (Å²) in [6, 6.07) is 15.0. The van der Waals surface area contributed by atoms with Crippen LogP contribution < -0.4 is 10.9 Å². The van der Waals surface area contributed by atoms with Crippen LogP contribution in [0.25, 0.3) is 10.9 Å². The molecule has 0 aliphatic rings. The van der Waals surface area contributed by atoms with Crippen molar-refractivity contribution < 1.29 is 14.3 Å². The van der Waals surface area contributed by atoms with Gasteiger partial charge >= 0.3 is 5.97 Å². The SMILES string of the molecule is CCOC(=O)c1ccc(NC(=O)C(CC)n2c(=O)cc(C)c3ccccc32)cc1. The van der Waals surface area contributed by atoms with Gasteiger partial charge in [0.2, 0.25) is 5.91 Å². The van der Waals surface area contributed by atoms with Crippen LogP contribution in [0, 0.1) is 6.92 Å². The van der Waals surface area contributed by atoms with Gasteiger partial charge in [-0.3, -0.25) is 14.2 Å². The number of hydrogen-bond acceptors (Lipinski definition) is 4. The molecule has 29 heavy (non-hydrogen) atoms.